The Labute approximate surface area is 118 Å². The molecule has 0 bridgehead atoms. The van der Waals surface area contributed by atoms with E-state index >= 15 is 0 Å². The standard InChI is InChI=1S/C13H20N4O3/c1-9(5-4-6-12(18)19)14-11-8-7-10(15-16-11)13(20)17(2)3/h7-9H,4-6H2,1-3H3,(H,14,16)(H,18,19). The van der Waals surface area contributed by atoms with Gasteiger partial charge in [-0.05, 0) is 31.9 Å². The summed E-state index contributed by atoms with van der Waals surface area (Å²) in [5, 5.41) is 19.5. The van der Waals surface area contributed by atoms with Gasteiger partial charge in [0.1, 0.15) is 5.82 Å². The molecule has 0 aliphatic rings. The van der Waals surface area contributed by atoms with E-state index in [-0.39, 0.29) is 18.4 Å². The lowest BCUT2D eigenvalue weighted by Crippen LogP contribution is -2.23. The number of amides is 1. The lowest BCUT2D eigenvalue weighted by molar-refractivity contribution is -0.137. The molecular formula is C13H20N4O3. The Balaban J connectivity index is 2.48. The molecule has 1 amide bonds. The van der Waals surface area contributed by atoms with Crippen molar-refractivity contribution in [2.45, 2.75) is 32.2 Å². The maximum atomic E-state index is 11.6. The van der Waals surface area contributed by atoms with E-state index in [0.29, 0.717) is 17.9 Å². The first-order chi connectivity index (χ1) is 9.40. The quantitative estimate of drug-likeness (QED) is 0.780. The SMILES string of the molecule is CC(CCCC(=O)O)Nc1ccc(C(=O)N(C)C)nn1. The van der Waals surface area contributed by atoms with Gasteiger partial charge in [0.2, 0.25) is 0 Å². The first-order valence-corrected chi connectivity index (χ1v) is 6.44. The highest BCUT2D eigenvalue weighted by Gasteiger charge is 2.11. The van der Waals surface area contributed by atoms with Crippen LogP contribution in [-0.4, -0.2) is 52.2 Å². The number of carboxylic acids is 1. The van der Waals surface area contributed by atoms with Crippen LogP contribution in [0.2, 0.25) is 0 Å². The van der Waals surface area contributed by atoms with E-state index in [4.69, 9.17) is 5.11 Å². The van der Waals surface area contributed by atoms with Crippen molar-refractivity contribution in [2.75, 3.05) is 19.4 Å². The van der Waals surface area contributed by atoms with Gasteiger partial charge in [-0.2, -0.15) is 0 Å². The summed E-state index contributed by atoms with van der Waals surface area (Å²) < 4.78 is 0. The second-order valence-electron chi connectivity index (χ2n) is 4.83. The highest BCUT2D eigenvalue weighted by molar-refractivity contribution is 5.91. The summed E-state index contributed by atoms with van der Waals surface area (Å²) in [5.41, 5.74) is 0.291. The van der Waals surface area contributed by atoms with E-state index in [2.05, 4.69) is 15.5 Å². The fraction of sp³-hybridized carbons (Fsp3) is 0.538. The molecule has 0 radical (unpaired) electrons. The number of nitrogens with one attached hydrogen (secondary N) is 1. The monoisotopic (exact) mass is 280 g/mol. The van der Waals surface area contributed by atoms with Gasteiger partial charge in [-0.1, -0.05) is 0 Å². The number of carbonyl (C=O) groups excluding carboxylic acids is 1. The maximum Gasteiger partial charge on any atom is 0.303 e. The van der Waals surface area contributed by atoms with Crippen LogP contribution < -0.4 is 5.32 Å². The molecule has 20 heavy (non-hydrogen) atoms. The van der Waals surface area contributed by atoms with Gasteiger partial charge in [-0.15, -0.1) is 10.2 Å². The third kappa shape index (κ3) is 5.21. The Bertz CT molecular complexity index is 459. The van der Waals surface area contributed by atoms with Crippen molar-refractivity contribution < 1.29 is 14.7 Å². The highest BCUT2D eigenvalue weighted by Crippen LogP contribution is 2.09. The molecule has 1 rings (SSSR count). The fourth-order valence-corrected chi connectivity index (χ4v) is 1.64. The second kappa shape index (κ2) is 7.42. The number of anilines is 1. The smallest absolute Gasteiger partial charge is 0.303 e. The van der Waals surface area contributed by atoms with Crippen molar-refractivity contribution in [3.63, 3.8) is 0 Å². The van der Waals surface area contributed by atoms with Crippen LogP contribution in [0.5, 0.6) is 0 Å². The molecule has 0 aromatic carbocycles. The number of nitrogens with zero attached hydrogens (tertiary/aromatic N) is 3. The molecule has 7 heteroatoms. The lowest BCUT2D eigenvalue weighted by atomic mass is 10.1. The third-order valence-corrected chi connectivity index (χ3v) is 2.71. The van der Waals surface area contributed by atoms with Gasteiger partial charge in [-0.25, -0.2) is 0 Å². The summed E-state index contributed by atoms with van der Waals surface area (Å²) in [4.78, 5) is 23.5. The number of hydrogen-bond acceptors (Lipinski definition) is 5. The molecule has 1 aromatic rings. The maximum absolute atomic E-state index is 11.6. The minimum absolute atomic E-state index is 0.0963. The van der Waals surface area contributed by atoms with Crippen LogP contribution in [0.25, 0.3) is 0 Å². The van der Waals surface area contributed by atoms with Gasteiger partial charge in [0.15, 0.2) is 5.69 Å². The van der Waals surface area contributed by atoms with Crippen molar-refractivity contribution in [1.29, 1.82) is 0 Å². The predicted molar refractivity (Wildman–Crippen MR) is 74.6 cm³/mol. The number of carboxylic acid groups (broad SMARTS) is 1. The molecule has 0 aliphatic carbocycles. The molecular weight excluding hydrogens is 260 g/mol. The van der Waals surface area contributed by atoms with Crippen LogP contribution in [0, 0.1) is 0 Å². The van der Waals surface area contributed by atoms with Crippen molar-refractivity contribution in [3.8, 4) is 0 Å². The Hall–Kier alpha value is -2.18. The molecule has 110 valence electrons. The minimum Gasteiger partial charge on any atom is -0.481 e. The fourth-order valence-electron chi connectivity index (χ4n) is 1.64. The van der Waals surface area contributed by atoms with Gasteiger partial charge in [-0.3, -0.25) is 9.59 Å². The molecule has 0 saturated carbocycles. The van der Waals surface area contributed by atoms with Crippen LogP contribution in [-0.2, 0) is 4.79 Å². The van der Waals surface area contributed by atoms with Crippen LogP contribution in [0.3, 0.4) is 0 Å². The van der Waals surface area contributed by atoms with E-state index in [1.54, 1.807) is 26.2 Å². The molecule has 1 aromatic heterocycles. The Morgan fingerprint density at radius 2 is 2.05 bits per heavy atom. The van der Waals surface area contributed by atoms with Crippen LogP contribution in [0.15, 0.2) is 12.1 Å². The van der Waals surface area contributed by atoms with Crippen LogP contribution >= 0.6 is 0 Å². The summed E-state index contributed by atoms with van der Waals surface area (Å²) in [7, 11) is 3.31. The molecule has 0 saturated heterocycles. The average molecular weight is 280 g/mol. The summed E-state index contributed by atoms with van der Waals surface area (Å²) in [6, 6.07) is 3.40. The van der Waals surface area contributed by atoms with E-state index in [1.807, 2.05) is 6.92 Å². The van der Waals surface area contributed by atoms with E-state index in [9.17, 15) is 9.59 Å². The molecule has 0 spiro atoms. The molecule has 1 heterocycles. The van der Waals surface area contributed by atoms with Gasteiger partial charge >= 0.3 is 5.97 Å². The zero-order valence-electron chi connectivity index (χ0n) is 12.0. The number of aliphatic carboxylic acids is 1. The zero-order valence-corrected chi connectivity index (χ0v) is 12.0. The van der Waals surface area contributed by atoms with E-state index in [0.717, 1.165) is 6.42 Å². The number of rotatable bonds is 7. The van der Waals surface area contributed by atoms with Crippen molar-refractivity contribution >= 4 is 17.7 Å². The molecule has 1 unspecified atom stereocenters. The zero-order chi connectivity index (χ0) is 15.1. The van der Waals surface area contributed by atoms with Crippen molar-refractivity contribution in [1.82, 2.24) is 15.1 Å². The summed E-state index contributed by atoms with van der Waals surface area (Å²) in [5.74, 6) is -0.412. The summed E-state index contributed by atoms with van der Waals surface area (Å²) >= 11 is 0. The van der Waals surface area contributed by atoms with Crippen LogP contribution in [0.1, 0.15) is 36.7 Å². The topological polar surface area (TPSA) is 95.4 Å². The van der Waals surface area contributed by atoms with Crippen molar-refractivity contribution in [3.05, 3.63) is 17.8 Å². The molecule has 7 nitrogen and oxygen atoms in total. The minimum atomic E-state index is -0.788. The number of hydrogen-bond donors (Lipinski definition) is 2. The summed E-state index contributed by atoms with van der Waals surface area (Å²) in [6.45, 7) is 1.95. The predicted octanol–water partition coefficient (Wildman–Crippen LogP) is 1.23. The highest BCUT2D eigenvalue weighted by atomic mass is 16.4. The molecule has 1 atom stereocenters. The van der Waals surface area contributed by atoms with Gasteiger partial charge < -0.3 is 15.3 Å². The largest absolute Gasteiger partial charge is 0.481 e. The summed E-state index contributed by atoms with van der Waals surface area (Å²) in [6.07, 6.45) is 1.49. The van der Waals surface area contributed by atoms with E-state index < -0.39 is 5.97 Å². The Kier molecular flexibility index (Phi) is 5.89. The Morgan fingerprint density at radius 1 is 1.35 bits per heavy atom. The second-order valence-corrected chi connectivity index (χ2v) is 4.83. The van der Waals surface area contributed by atoms with Crippen molar-refractivity contribution in [2.24, 2.45) is 0 Å². The lowest BCUT2D eigenvalue weighted by Gasteiger charge is -2.14. The number of carbonyl (C=O) groups is 2. The van der Waals surface area contributed by atoms with Gasteiger partial charge in [0, 0.05) is 26.6 Å². The normalized spacial score (nSPS) is 11.8. The molecule has 0 aliphatic heterocycles. The molecule has 0 fully saturated rings. The third-order valence-electron chi connectivity index (χ3n) is 2.71. The first kappa shape index (κ1) is 15.9. The molecule has 2 N–H and O–H groups in total. The van der Waals surface area contributed by atoms with Gasteiger partial charge in [0.25, 0.3) is 5.91 Å². The average Bonchev–Trinajstić information content (AvgIpc) is 2.38. The van der Waals surface area contributed by atoms with Gasteiger partial charge in [0.05, 0.1) is 0 Å². The number of aromatic nitrogens is 2. The Morgan fingerprint density at radius 3 is 2.55 bits per heavy atom. The first-order valence-electron chi connectivity index (χ1n) is 6.44. The van der Waals surface area contributed by atoms with Crippen LogP contribution in [0.4, 0.5) is 5.82 Å². The van der Waals surface area contributed by atoms with E-state index in [1.165, 1.54) is 4.90 Å².